The Morgan fingerprint density at radius 2 is 2.19 bits per heavy atom. The van der Waals surface area contributed by atoms with Crippen molar-refractivity contribution in [2.45, 2.75) is 33.1 Å². The second kappa shape index (κ2) is 5.10. The summed E-state index contributed by atoms with van der Waals surface area (Å²) in [4.78, 5) is 0. The molecule has 2 aliphatic rings. The fourth-order valence-corrected chi connectivity index (χ4v) is 3.09. The third-order valence-corrected chi connectivity index (χ3v) is 4.35. The van der Waals surface area contributed by atoms with Gasteiger partial charge in [-0.05, 0) is 48.4 Å². The number of fused-ring (bicyclic) bond motifs is 1. The van der Waals surface area contributed by atoms with Crippen LogP contribution in [0.5, 0.6) is 5.75 Å². The SMILES string of the molecule is CC1(C)CCC(C(=N)c2ccc3c(c2)NCCO3)=C(N)C1. The van der Waals surface area contributed by atoms with E-state index in [0.717, 1.165) is 54.1 Å². The molecule has 1 aromatic rings. The smallest absolute Gasteiger partial charge is 0.142 e. The molecule has 0 spiro atoms. The minimum Gasteiger partial charge on any atom is -0.490 e. The molecule has 3 rings (SSSR count). The third-order valence-electron chi connectivity index (χ3n) is 4.35. The summed E-state index contributed by atoms with van der Waals surface area (Å²) in [7, 11) is 0. The number of hydrogen-bond acceptors (Lipinski definition) is 4. The molecule has 1 aliphatic carbocycles. The van der Waals surface area contributed by atoms with Gasteiger partial charge >= 0.3 is 0 Å². The Morgan fingerprint density at radius 1 is 1.38 bits per heavy atom. The second-order valence-electron chi connectivity index (χ2n) is 6.71. The first-order chi connectivity index (χ1) is 9.96. The predicted molar refractivity (Wildman–Crippen MR) is 86.1 cm³/mol. The van der Waals surface area contributed by atoms with Crippen LogP contribution >= 0.6 is 0 Å². The fraction of sp³-hybridized carbons (Fsp3) is 0.471. The molecule has 0 radical (unpaired) electrons. The first-order valence-electron chi connectivity index (χ1n) is 7.54. The lowest BCUT2D eigenvalue weighted by Gasteiger charge is -2.32. The van der Waals surface area contributed by atoms with E-state index < -0.39 is 0 Å². The Kier molecular flexibility index (Phi) is 3.40. The van der Waals surface area contributed by atoms with E-state index in [0.29, 0.717) is 12.3 Å². The van der Waals surface area contributed by atoms with Crippen molar-refractivity contribution >= 4 is 11.4 Å². The van der Waals surface area contributed by atoms with Crippen LogP contribution in [0.15, 0.2) is 29.5 Å². The lowest BCUT2D eigenvalue weighted by Crippen LogP contribution is -2.25. The van der Waals surface area contributed by atoms with Gasteiger partial charge in [0.25, 0.3) is 0 Å². The molecule has 0 atom stereocenters. The number of nitrogens with two attached hydrogens (primary N) is 1. The first-order valence-corrected chi connectivity index (χ1v) is 7.54. The summed E-state index contributed by atoms with van der Waals surface area (Å²) in [6.07, 6.45) is 2.84. The number of rotatable bonds is 2. The Morgan fingerprint density at radius 3 is 2.95 bits per heavy atom. The largest absolute Gasteiger partial charge is 0.490 e. The van der Waals surface area contributed by atoms with Crippen LogP contribution in [0, 0.1) is 10.8 Å². The maximum absolute atomic E-state index is 8.49. The molecule has 0 aromatic heterocycles. The van der Waals surface area contributed by atoms with Gasteiger partial charge in [0, 0.05) is 17.8 Å². The summed E-state index contributed by atoms with van der Waals surface area (Å²) in [6.45, 7) is 5.97. The van der Waals surface area contributed by atoms with Crippen molar-refractivity contribution in [2.75, 3.05) is 18.5 Å². The van der Waals surface area contributed by atoms with E-state index in [1.54, 1.807) is 0 Å². The number of hydrogen-bond donors (Lipinski definition) is 3. The van der Waals surface area contributed by atoms with Gasteiger partial charge in [-0.15, -0.1) is 0 Å². The van der Waals surface area contributed by atoms with Crippen LogP contribution in [0.4, 0.5) is 5.69 Å². The summed E-state index contributed by atoms with van der Waals surface area (Å²) in [5.74, 6) is 0.865. The second-order valence-corrected chi connectivity index (χ2v) is 6.71. The average Bonchev–Trinajstić information content (AvgIpc) is 2.45. The van der Waals surface area contributed by atoms with E-state index in [2.05, 4.69) is 19.2 Å². The van der Waals surface area contributed by atoms with Crippen molar-refractivity contribution in [1.29, 1.82) is 5.41 Å². The van der Waals surface area contributed by atoms with Crippen LogP contribution in [0.1, 0.15) is 38.7 Å². The molecule has 1 heterocycles. The topological polar surface area (TPSA) is 71.1 Å². The van der Waals surface area contributed by atoms with Crippen LogP contribution in [0.3, 0.4) is 0 Å². The third kappa shape index (κ3) is 2.75. The van der Waals surface area contributed by atoms with E-state index in [9.17, 15) is 0 Å². The monoisotopic (exact) mass is 285 g/mol. The van der Waals surface area contributed by atoms with E-state index in [1.807, 2.05) is 18.2 Å². The molecule has 1 aromatic carbocycles. The molecule has 0 bridgehead atoms. The van der Waals surface area contributed by atoms with Gasteiger partial charge in [0.2, 0.25) is 0 Å². The van der Waals surface area contributed by atoms with Crippen molar-refractivity contribution in [3.8, 4) is 5.75 Å². The van der Waals surface area contributed by atoms with Gasteiger partial charge in [-0.2, -0.15) is 0 Å². The fourth-order valence-electron chi connectivity index (χ4n) is 3.09. The maximum atomic E-state index is 8.49. The first kappa shape index (κ1) is 14.0. The summed E-state index contributed by atoms with van der Waals surface area (Å²) < 4.78 is 5.58. The minimum atomic E-state index is 0.249. The molecule has 4 nitrogen and oxygen atoms in total. The maximum Gasteiger partial charge on any atom is 0.142 e. The van der Waals surface area contributed by atoms with Crippen LogP contribution < -0.4 is 15.8 Å². The summed E-state index contributed by atoms with van der Waals surface area (Å²) in [6, 6.07) is 5.89. The highest BCUT2D eigenvalue weighted by Gasteiger charge is 2.28. The minimum absolute atomic E-state index is 0.249. The van der Waals surface area contributed by atoms with Crippen LogP contribution in [0.25, 0.3) is 0 Å². The Hall–Kier alpha value is -1.97. The zero-order chi connectivity index (χ0) is 15.0. The average molecular weight is 285 g/mol. The Bertz CT molecular complexity index is 616. The quantitative estimate of drug-likeness (QED) is 0.730. The standard InChI is InChI=1S/C17H23N3O/c1-17(2)6-5-12(13(18)10-17)16(19)11-3-4-15-14(9-11)20-7-8-21-15/h3-4,9,19-20H,5-8,10,18H2,1-2H3. The van der Waals surface area contributed by atoms with Crippen molar-refractivity contribution in [3.05, 3.63) is 35.0 Å². The van der Waals surface area contributed by atoms with E-state index in [4.69, 9.17) is 15.9 Å². The lowest BCUT2D eigenvalue weighted by atomic mass is 9.75. The highest BCUT2D eigenvalue weighted by molar-refractivity contribution is 6.11. The molecule has 4 heteroatoms. The Balaban J connectivity index is 1.89. The molecular formula is C17H23N3O. The highest BCUT2D eigenvalue weighted by Crippen LogP contribution is 2.38. The number of allylic oxidation sites excluding steroid dienone is 2. The van der Waals surface area contributed by atoms with Crippen molar-refractivity contribution < 1.29 is 4.74 Å². The molecule has 0 saturated heterocycles. The van der Waals surface area contributed by atoms with E-state index in [-0.39, 0.29) is 5.41 Å². The van der Waals surface area contributed by atoms with Crippen LogP contribution in [-0.2, 0) is 0 Å². The molecule has 1 aliphatic heterocycles. The molecular weight excluding hydrogens is 262 g/mol. The van der Waals surface area contributed by atoms with Gasteiger partial charge in [0.05, 0.1) is 11.4 Å². The van der Waals surface area contributed by atoms with Gasteiger partial charge in [-0.25, -0.2) is 0 Å². The number of nitrogens with one attached hydrogen (secondary N) is 2. The van der Waals surface area contributed by atoms with E-state index >= 15 is 0 Å². The zero-order valence-electron chi connectivity index (χ0n) is 12.8. The van der Waals surface area contributed by atoms with Gasteiger partial charge in [-0.3, -0.25) is 5.41 Å². The normalized spacial score (nSPS) is 20.3. The Labute approximate surface area is 125 Å². The van der Waals surface area contributed by atoms with Crippen molar-refractivity contribution in [2.24, 2.45) is 11.1 Å². The molecule has 21 heavy (non-hydrogen) atoms. The summed E-state index contributed by atoms with van der Waals surface area (Å²) >= 11 is 0. The van der Waals surface area contributed by atoms with Crippen LogP contribution in [-0.4, -0.2) is 18.9 Å². The zero-order valence-corrected chi connectivity index (χ0v) is 12.8. The lowest BCUT2D eigenvalue weighted by molar-refractivity contribution is 0.315. The van der Waals surface area contributed by atoms with Gasteiger partial charge in [0.1, 0.15) is 12.4 Å². The molecule has 0 fully saturated rings. The van der Waals surface area contributed by atoms with Crippen LogP contribution in [0.2, 0.25) is 0 Å². The van der Waals surface area contributed by atoms with E-state index in [1.165, 1.54) is 0 Å². The van der Waals surface area contributed by atoms with Gasteiger partial charge in [-0.1, -0.05) is 13.8 Å². The number of ether oxygens (including phenoxy) is 1. The molecule has 0 amide bonds. The van der Waals surface area contributed by atoms with Gasteiger partial charge < -0.3 is 15.8 Å². The summed E-state index contributed by atoms with van der Waals surface area (Å²) in [5.41, 5.74) is 10.8. The summed E-state index contributed by atoms with van der Waals surface area (Å²) in [5, 5.41) is 11.8. The molecule has 112 valence electrons. The molecule has 0 saturated carbocycles. The molecule has 4 N–H and O–H groups in total. The van der Waals surface area contributed by atoms with Crippen molar-refractivity contribution in [3.63, 3.8) is 0 Å². The number of anilines is 1. The predicted octanol–water partition coefficient (Wildman–Crippen LogP) is 3.28. The highest BCUT2D eigenvalue weighted by atomic mass is 16.5. The van der Waals surface area contributed by atoms with Crippen molar-refractivity contribution in [1.82, 2.24) is 0 Å². The van der Waals surface area contributed by atoms with Gasteiger partial charge in [0.15, 0.2) is 0 Å². The number of benzene rings is 1. The molecule has 0 unspecified atom stereocenters.